The average molecular weight is 275 g/mol. The summed E-state index contributed by atoms with van der Waals surface area (Å²) in [7, 11) is 0. The Balaban J connectivity index is -0.000000176. The van der Waals surface area contributed by atoms with Gasteiger partial charge in [0, 0.05) is 4.47 Å². The first-order chi connectivity index (χ1) is 7.22. The van der Waals surface area contributed by atoms with E-state index in [2.05, 4.69) is 42.8 Å². The highest BCUT2D eigenvalue weighted by Gasteiger charge is 1.86. The van der Waals surface area contributed by atoms with E-state index in [0.717, 1.165) is 0 Å². The van der Waals surface area contributed by atoms with Gasteiger partial charge in [-0.05, 0) is 18.6 Å². The first-order valence-electron chi connectivity index (χ1n) is 5.93. The minimum Gasteiger partial charge on any atom is -0.0683 e. The van der Waals surface area contributed by atoms with Crippen molar-refractivity contribution in [1.29, 1.82) is 0 Å². The summed E-state index contributed by atoms with van der Waals surface area (Å²) < 4.78 is 1.18. The van der Waals surface area contributed by atoms with Crippen LogP contribution in [0.5, 0.6) is 0 Å². The van der Waals surface area contributed by atoms with Crippen LogP contribution in [-0.2, 0) is 0 Å². The van der Waals surface area contributed by atoms with Gasteiger partial charge in [-0.1, -0.05) is 82.1 Å². The monoisotopic (exact) mass is 274 g/mol. The Morgan fingerprint density at radius 1 is 0.933 bits per heavy atom. The van der Waals surface area contributed by atoms with Crippen molar-refractivity contribution in [2.45, 2.75) is 54.9 Å². The molecule has 0 atom stereocenters. The van der Waals surface area contributed by atoms with Gasteiger partial charge >= 0.3 is 0 Å². The molecule has 0 fully saturated rings. The highest BCUT2D eigenvalue weighted by molar-refractivity contribution is 9.10. The molecule has 0 aliphatic rings. The van der Waals surface area contributed by atoms with Crippen molar-refractivity contribution in [1.82, 2.24) is 0 Å². The molecule has 90 valence electrons. The van der Waals surface area contributed by atoms with Gasteiger partial charge in [0.05, 0.1) is 0 Å². The summed E-state index contributed by atoms with van der Waals surface area (Å²) in [6, 6.07) is 8.15. The van der Waals surface area contributed by atoms with E-state index in [-0.39, 0.29) is 0 Å². The van der Waals surface area contributed by atoms with Crippen molar-refractivity contribution in [3.8, 4) is 0 Å². The summed E-state index contributed by atoms with van der Waals surface area (Å²) in [5.74, 6) is 0. The van der Waals surface area contributed by atoms with E-state index >= 15 is 0 Å². The first kappa shape index (κ1) is 20.2. The summed E-state index contributed by atoms with van der Waals surface area (Å²) in [6.45, 7) is 14.3. The lowest BCUT2D eigenvalue weighted by Gasteiger charge is -1.91. The van der Waals surface area contributed by atoms with Gasteiger partial charge in [0.1, 0.15) is 0 Å². The van der Waals surface area contributed by atoms with Crippen LogP contribution >= 0.6 is 15.9 Å². The topological polar surface area (TPSA) is 0 Å². The number of halogens is 1. The van der Waals surface area contributed by atoms with Gasteiger partial charge < -0.3 is 0 Å². The number of rotatable bonds is 0. The molecule has 0 heterocycles. The lowest BCUT2D eigenvalue weighted by molar-refractivity contribution is 1.09. The Morgan fingerprint density at radius 3 is 1.47 bits per heavy atom. The summed E-state index contributed by atoms with van der Waals surface area (Å²) in [5.41, 5.74) is 1.28. The van der Waals surface area contributed by atoms with Crippen molar-refractivity contribution in [2.75, 3.05) is 0 Å². The Kier molecular flexibility index (Phi) is 25.9. The van der Waals surface area contributed by atoms with E-state index in [9.17, 15) is 0 Å². The molecule has 15 heavy (non-hydrogen) atoms. The molecule has 0 aliphatic heterocycles. The van der Waals surface area contributed by atoms with Gasteiger partial charge in [-0.3, -0.25) is 0 Å². The van der Waals surface area contributed by atoms with Crippen molar-refractivity contribution < 1.29 is 0 Å². The zero-order valence-corrected chi connectivity index (χ0v) is 13.0. The van der Waals surface area contributed by atoms with Crippen LogP contribution < -0.4 is 0 Å². The molecule has 0 amide bonds. The van der Waals surface area contributed by atoms with Gasteiger partial charge in [0.15, 0.2) is 0 Å². The number of hydrogen-bond acceptors (Lipinski definition) is 0. The molecule has 0 nitrogen and oxygen atoms in total. The molecule has 0 N–H and O–H groups in total. The normalized spacial score (nSPS) is 6.93. The Morgan fingerprint density at radius 2 is 1.27 bits per heavy atom. The molecule has 1 heteroatoms. The maximum atomic E-state index is 3.40. The second-order valence-electron chi connectivity index (χ2n) is 2.46. The molecule has 0 aromatic heterocycles. The summed E-state index contributed by atoms with van der Waals surface area (Å²) in [4.78, 5) is 0. The molecule has 0 unspecified atom stereocenters. The van der Waals surface area contributed by atoms with Gasteiger partial charge in [-0.25, -0.2) is 0 Å². The van der Waals surface area contributed by atoms with Crippen LogP contribution in [0.4, 0.5) is 0 Å². The number of hydrogen-bond donors (Lipinski definition) is 0. The van der Waals surface area contributed by atoms with Crippen molar-refractivity contribution in [2.24, 2.45) is 0 Å². The van der Waals surface area contributed by atoms with Gasteiger partial charge in [0.25, 0.3) is 0 Å². The molecule has 0 spiro atoms. The molecule has 1 aromatic carbocycles. The van der Waals surface area contributed by atoms with Crippen LogP contribution in [-0.4, -0.2) is 0 Å². The Hall–Kier alpha value is -0.300. The van der Waals surface area contributed by atoms with Gasteiger partial charge in [0.2, 0.25) is 0 Å². The lowest BCUT2D eigenvalue weighted by atomic mass is 10.2. The number of benzene rings is 1. The molecule has 0 bridgehead atoms. The summed E-state index contributed by atoms with van der Waals surface area (Å²) in [5, 5.41) is 0. The highest BCUT2D eigenvalue weighted by atomic mass is 79.9. The van der Waals surface area contributed by atoms with E-state index in [0.29, 0.717) is 0 Å². The fourth-order valence-corrected chi connectivity index (χ4v) is 0.836. The first-order valence-corrected chi connectivity index (χ1v) is 6.72. The van der Waals surface area contributed by atoms with Crippen molar-refractivity contribution >= 4 is 15.9 Å². The van der Waals surface area contributed by atoms with Crippen LogP contribution in [0, 0.1) is 6.92 Å². The Bertz CT molecular complexity index is 173. The van der Waals surface area contributed by atoms with Gasteiger partial charge in [-0.15, -0.1) is 0 Å². The average Bonchev–Trinajstić information content (AvgIpc) is 2.29. The van der Waals surface area contributed by atoms with Crippen LogP contribution in [0.3, 0.4) is 0 Å². The van der Waals surface area contributed by atoms with E-state index in [1.54, 1.807) is 0 Å². The Labute approximate surface area is 105 Å². The van der Waals surface area contributed by atoms with Gasteiger partial charge in [-0.2, -0.15) is 0 Å². The maximum Gasteiger partial charge on any atom is 0.0204 e. The SMILES string of the molecule is CC.CC.CCC.Cc1ccccc1Br. The third kappa shape index (κ3) is 16.4. The largest absolute Gasteiger partial charge is 0.0683 e. The second-order valence-corrected chi connectivity index (χ2v) is 3.31. The molecular weight excluding hydrogens is 248 g/mol. The van der Waals surface area contributed by atoms with E-state index in [4.69, 9.17) is 0 Å². The van der Waals surface area contributed by atoms with Crippen LogP contribution in [0.25, 0.3) is 0 Å². The minimum atomic E-state index is 1.18. The molecule has 0 radical (unpaired) electrons. The van der Waals surface area contributed by atoms with Crippen molar-refractivity contribution in [3.05, 3.63) is 34.3 Å². The smallest absolute Gasteiger partial charge is 0.0204 e. The number of aryl methyl sites for hydroxylation is 1. The molecule has 0 aliphatic carbocycles. The van der Waals surface area contributed by atoms with E-state index in [1.165, 1.54) is 16.5 Å². The molecular formula is C14H27Br. The van der Waals surface area contributed by atoms with Crippen molar-refractivity contribution in [3.63, 3.8) is 0 Å². The molecule has 0 saturated heterocycles. The fourth-order valence-electron chi connectivity index (χ4n) is 0.551. The zero-order valence-electron chi connectivity index (χ0n) is 11.4. The fraction of sp³-hybridized carbons (Fsp3) is 0.571. The molecule has 0 saturated carbocycles. The highest BCUT2D eigenvalue weighted by Crippen LogP contribution is 2.13. The van der Waals surface area contributed by atoms with E-state index in [1.807, 2.05) is 45.9 Å². The summed E-state index contributed by atoms with van der Waals surface area (Å²) in [6.07, 6.45) is 1.25. The van der Waals surface area contributed by atoms with Crippen LogP contribution in [0.15, 0.2) is 28.7 Å². The van der Waals surface area contributed by atoms with E-state index < -0.39 is 0 Å². The standard InChI is InChI=1S/C7H7Br.C3H8.2C2H6/c1-6-4-2-3-5-7(6)8;1-3-2;2*1-2/h2-5H,1H3;3H2,1-2H3;2*1-2H3. The maximum absolute atomic E-state index is 3.40. The van der Waals surface area contributed by atoms with Crippen LogP contribution in [0.1, 0.15) is 53.5 Å². The molecule has 1 rings (SSSR count). The molecule has 1 aromatic rings. The zero-order chi connectivity index (χ0) is 12.7. The minimum absolute atomic E-state index is 1.18. The van der Waals surface area contributed by atoms with Crippen LogP contribution in [0.2, 0.25) is 0 Å². The quantitative estimate of drug-likeness (QED) is 0.526. The lowest BCUT2D eigenvalue weighted by Crippen LogP contribution is -1.69. The predicted molar refractivity (Wildman–Crippen MR) is 77.5 cm³/mol. The second kappa shape index (κ2) is 19.3. The third-order valence-corrected chi connectivity index (χ3v) is 1.97. The third-order valence-electron chi connectivity index (χ3n) is 1.08. The summed E-state index contributed by atoms with van der Waals surface area (Å²) >= 11 is 3.40. The predicted octanol–water partition coefficient (Wildman–Crippen LogP) is 6.23.